The monoisotopic (exact) mass is 329 g/mol. The van der Waals surface area contributed by atoms with Gasteiger partial charge >= 0.3 is 10.2 Å². The minimum atomic E-state index is -3.83. The second-order valence-corrected chi connectivity index (χ2v) is 6.50. The largest absolute Gasteiger partial charge is 0.311 e. The second-order valence-electron chi connectivity index (χ2n) is 3.60. The molecule has 0 spiro atoms. The molecule has 0 saturated heterocycles. The number of nitrogens with zero attached hydrogens (tertiary/aromatic N) is 5. The lowest BCUT2D eigenvalue weighted by atomic mass is 10.4. The van der Waals surface area contributed by atoms with Gasteiger partial charge in [-0.2, -0.15) is 22.0 Å². The van der Waals surface area contributed by atoms with Gasteiger partial charge in [0, 0.05) is 24.8 Å². The number of fused-ring (bicyclic) bond motifs is 1. The summed E-state index contributed by atoms with van der Waals surface area (Å²) in [4.78, 5) is 7.94. The average Bonchev–Trinajstić information content (AvgIpc) is 2.66. The lowest BCUT2D eigenvalue weighted by Gasteiger charge is -2.12. The van der Waals surface area contributed by atoms with Crippen LogP contribution in [0.2, 0.25) is 0 Å². The van der Waals surface area contributed by atoms with Crippen molar-refractivity contribution in [3.63, 3.8) is 0 Å². The van der Waals surface area contributed by atoms with Crippen LogP contribution in [0.1, 0.15) is 5.82 Å². The molecule has 9 heteroatoms. The highest BCUT2D eigenvalue weighted by Crippen LogP contribution is 2.20. The topological polar surface area (TPSA) is 91.9 Å². The summed E-state index contributed by atoms with van der Waals surface area (Å²) in [6.45, 7) is 0. The Hall–Kier alpha value is -1.50. The summed E-state index contributed by atoms with van der Waals surface area (Å²) in [5, 5.41) is 8.98. The lowest BCUT2D eigenvalue weighted by molar-refractivity contribution is 0.511. The van der Waals surface area contributed by atoms with E-state index < -0.39 is 10.2 Å². The third-order valence-corrected chi connectivity index (χ3v) is 4.38. The van der Waals surface area contributed by atoms with E-state index in [1.54, 1.807) is 12.1 Å². The summed E-state index contributed by atoms with van der Waals surface area (Å²) in [6, 6.07) is 3.36. The summed E-state index contributed by atoms with van der Waals surface area (Å²) < 4.78 is 26.7. The third-order valence-electron chi connectivity index (χ3n) is 2.22. The second kappa shape index (κ2) is 4.31. The predicted molar refractivity (Wildman–Crippen MR) is 67.9 cm³/mol. The first-order chi connectivity index (χ1) is 8.37. The van der Waals surface area contributed by atoms with E-state index in [0.717, 1.165) is 8.28 Å². The Labute approximate surface area is 112 Å². The van der Waals surface area contributed by atoms with Gasteiger partial charge in [-0.1, -0.05) is 0 Å². The number of hydrogen-bond donors (Lipinski definition) is 0. The van der Waals surface area contributed by atoms with Crippen LogP contribution in [0, 0.1) is 11.3 Å². The fraction of sp³-hybridized carbons (Fsp3) is 0.222. The van der Waals surface area contributed by atoms with Crippen molar-refractivity contribution in [1.82, 2.24) is 18.2 Å². The molecule has 0 aliphatic heterocycles. The average molecular weight is 330 g/mol. The standard InChI is InChI=1S/C9H8BrN5O2S/c1-14(2)18(16,17)15-8(4-11)13-7-3-6(10)5-12-9(7)15/h3,5H,1-2H3. The molecule has 0 fully saturated rings. The SMILES string of the molecule is CN(C)S(=O)(=O)n1c(C#N)nc2cc(Br)cnc21. The van der Waals surface area contributed by atoms with Gasteiger partial charge in [-0.3, -0.25) is 0 Å². The molecule has 2 aromatic rings. The third kappa shape index (κ3) is 1.88. The van der Waals surface area contributed by atoms with E-state index in [2.05, 4.69) is 25.9 Å². The smallest absolute Gasteiger partial charge is 0.235 e. The van der Waals surface area contributed by atoms with Gasteiger partial charge in [0.25, 0.3) is 0 Å². The molecule has 0 bridgehead atoms. The van der Waals surface area contributed by atoms with E-state index >= 15 is 0 Å². The van der Waals surface area contributed by atoms with E-state index in [-0.39, 0.29) is 11.5 Å². The van der Waals surface area contributed by atoms with Crippen LogP contribution < -0.4 is 0 Å². The highest BCUT2D eigenvalue weighted by Gasteiger charge is 2.25. The van der Waals surface area contributed by atoms with Crippen LogP contribution in [0.3, 0.4) is 0 Å². The van der Waals surface area contributed by atoms with Crippen LogP contribution in [0.5, 0.6) is 0 Å². The first-order valence-corrected chi connectivity index (χ1v) is 6.94. The van der Waals surface area contributed by atoms with Crippen LogP contribution in [-0.2, 0) is 10.2 Å². The molecule has 2 heterocycles. The maximum atomic E-state index is 12.1. The van der Waals surface area contributed by atoms with Crippen molar-refractivity contribution < 1.29 is 8.42 Å². The fourth-order valence-corrected chi connectivity index (χ4v) is 2.68. The maximum absolute atomic E-state index is 12.1. The molecule has 0 aliphatic carbocycles. The number of hydrogen-bond acceptors (Lipinski definition) is 5. The molecule has 94 valence electrons. The molecule has 0 amide bonds. The van der Waals surface area contributed by atoms with Gasteiger partial charge in [-0.15, -0.1) is 0 Å². The molecule has 0 atom stereocenters. The van der Waals surface area contributed by atoms with E-state index in [1.807, 2.05) is 0 Å². The molecule has 0 aromatic carbocycles. The van der Waals surface area contributed by atoms with Crippen molar-refractivity contribution >= 4 is 37.3 Å². The number of pyridine rings is 1. The molecule has 0 N–H and O–H groups in total. The minimum absolute atomic E-state index is 0.128. The number of imidazole rings is 1. The molecule has 2 aromatic heterocycles. The Morgan fingerprint density at radius 1 is 1.50 bits per heavy atom. The Morgan fingerprint density at radius 3 is 2.72 bits per heavy atom. The molecule has 7 nitrogen and oxygen atoms in total. The van der Waals surface area contributed by atoms with Gasteiger partial charge in [-0.25, -0.2) is 9.97 Å². The first kappa shape index (κ1) is 12.9. The lowest BCUT2D eigenvalue weighted by Crippen LogP contribution is -2.29. The molecule has 0 aliphatic rings. The van der Waals surface area contributed by atoms with Crippen LogP contribution in [0.15, 0.2) is 16.7 Å². The normalized spacial score (nSPS) is 11.9. The highest BCUT2D eigenvalue weighted by molar-refractivity contribution is 9.10. The number of aromatic nitrogens is 3. The Morgan fingerprint density at radius 2 is 2.17 bits per heavy atom. The highest BCUT2D eigenvalue weighted by atomic mass is 79.9. The summed E-state index contributed by atoms with van der Waals surface area (Å²) in [5.74, 6) is -0.218. The van der Waals surface area contributed by atoms with Crippen molar-refractivity contribution in [2.24, 2.45) is 0 Å². The number of nitriles is 1. The molecule has 0 saturated carbocycles. The van der Waals surface area contributed by atoms with Gasteiger partial charge in [-0.05, 0) is 22.0 Å². The van der Waals surface area contributed by atoms with Crippen LogP contribution in [0.25, 0.3) is 11.2 Å². The summed E-state index contributed by atoms with van der Waals surface area (Å²) >= 11 is 3.21. The van der Waals surface area contributed by atoms with E-state index in [1.165, 1.54) is 20.3 Å². The Bertz CT molecular complexity index is 759. The van der Waals surface area contributed by atoms with Gasteiger partial charge in [0.1, 0.15) is 11.6 Å². The first-order valence-electron chi connectivity index (χ1n) is 4.75. The molecular formula is C9H8BrN5O2S. The minimum Gasteiger partial charge on any atom is -0.235 e. The van der Waals surface area contributed by atoms with E-state index in [0.29, 0.717) is 9.99 Å². The van der Waals surface area contributed by atoms with Gasteiger partial charge in [0.05, 0.1) is 0 Å². The zero-order chi connectivity index (χ0) is 13.5. The summed E-state index contributed by atoms with van der Waals surface area (Å²) in [6.07, 6.45) is 1.45. The van der Waals surface area contributed by atoms with Crippen LogP contribution in [0.4, 0.5) is 0 Å². The van der Waals surface area contributed by atoms with E-state index in [4.69, 9.17) is 5.26 Å². The summed E-state index contributed by atoms with van der Waals surface area (Å²) in [5.41, 5.74) is 0.467. The zero-order valence-electron chi connectivity index (χ0n) is 9.49. The van der Waals surface area contributed by atoms with Gasteiger partial charge in [0.2, 0.25) is 5.82 Å². The van der Waals surface area contributed by atoms with Gasteiger partial charge in [0.15, 0.2) is 5.65 Å². The molecule has 0 unspecified atom stereocenters. The summed E-state index contributed by atoms with van der Waals surface area (Å²) in [7, 11) is -1.08. The van der Waals surface area contributed by atoms with Crippen molar-refractivity contribution in [3.05, 3.63) is 22.6 Å². The molecule has 18 heavy (non-hydrogen) atoms. The maximum Gasteiger partial charge on any atom is 0.311 e. The zero-order valence-corrected chi connectivity index (χ0v) is 11.9. The number of halogens is 1. The van der Waals surface area contributed by atoms with Gasteiger partial charge < -0.3 is 0 Å². The Balaban J connectivity index is 2.90. The van der Waals surface area contributed by atoms with Crippen molar-refractivity contribution in [3.8, 4) is 6.07 Å². The fourth-order valence-electron chi connectivity index (χ4n) is 1.37. The quantitative estimate of drug-likeness (QED) is 0.809. The molecule has 0 radical (unpaired) electrons. The van der Waals surface area contributed by atoms with Crippen molar-refractivity contribution in [1.29, 1.82) is 5.26 Å². The van der Waals surface area contributed by atoms with Crippen molar-refractivity contribution in [2.45, 2.75) is 0 Å². The predicted octanol–water partition coefficient (Wildman–Crippen LogP) is 0.720. The molecule has 2 rings (SSSR count). The van der Waals surface area contributed by atoms with Crippen LogP contribution in [-0.4, -0.2) is 40.8 Å². The Kier molecular flexibility index (Phi) is 3.10. The van der Waals surface area contributed by atoms with Crippen LogP contribution >= 0.6 is 15.9 Å². The molecular weight excluding hydrogens is 322 g/mol. The number of rotatable bonds is 2. The van der Waals surface area contributed by atoms with Crippen molar-refractivity contribution in [2.75, 3.05) is 14.1 Å². The van der Waals surface area contributed by atoms with E-state index in [9.17, 15) is 8.42 Å².